The zero-order valence-electron chi connectivity index (χ0n) is 13.4. The molecule has 2 rings (SSSR count). The van der Waals surface area contributed by atoms with E-state index >= 15 is 0 Å². The van der Waals surface area contributed by atoms with E-state index in [1.54, 1.807) is 18.5 Å². The number of fused-ring (bicyclic) bond motifs is 2. The molecule has 0 radical (unpaired) electrons. The van der Waals surface area contributed by atoms with Crippen LogP contribution in [0, 0.1) is 0 Å². The molecule has 1 N–H and O–H groups in total. The SMILES string of the molecule is COCCN(CCOC)S(=O)(=O)N1C2CCNCC1CC2.Cl. The van der Waals surface area contributed by atoms with Gasteiger partial charge in [-0.25, -0.2) is 0 Å². The number of nitrogens with zero attached hydrogens (tertiary/aromatic N) is 2. The standard InChI is InChI=1S/C13H27N3O4S.ClH/c1-19-9-7-15(8-10-20-2)21(17,18)16-12-3-4-13(16)11-14-6-5-12;/h12-14H,3-11H2,1-2H3;1H. The minimum Gasteiger partial charge on any atom is -0.383 e. The lowest BCUT2D eigenvalue weighted by Gasteiger charge is -2.33. The second kappa shape index (κ2) is 9.36. The summed E-state index contributed by atoms with van der Waals surface area (Å²) < 4.78 is 39.4. The third kappa shape index (κ3) is 4.53. The molecule has 0 aromatic rings. The summed E-state index contributed by atoms with van der Waals surface area (Å²) in [6, 6.07) is 0.206. The van der Waals surface area contributed by atoms with Crippen molar-refractivity contribution in [1.29, 1.82) is 0 Å². The van der Waals surface area contributed by atoms with Crippen LogP contribution < -0.4 is 5.32 Å². The van der Waals surface area contributed by atoms with Crippen LogP contribution in [-0.4, -0.2) is 82.7 Å². The molecular weight excluding hydrogens is 330 g/mol. The van der Waals surface area contributed by atoms with Gasteiger partial charge in [-0.1, -0.05) is 0 Å². The third-order valence-corrected chi connectivity index (χ3v) is 6.42. The van der Waals surface area contributed by atoms with E-state index in [1.165, 1.54) is 4.31 Å². The zero-order chi connectivity index (χ0) is 15.3. The van der Waals surface area contributed by atoms with Crippen LogP contribution in [0.25, 0.3) is 0 Å². The fourth-order valence-electron chi connectivity index (χ4n) is 3.18. The second-order valence-corrected chi connectivity index (χ2v) is 7.43. The van der Waals surface area contributed by atoms with Crippen molar-refractivity contribution in [2.45, 2.75) is 31.3 Å². The molecule has 2 aliphatic rings. The van der Waals surface area contributed by atoms with Crippen molar-refractivity contribution in [2.24, 2.45) is 0 Å². The topological polar surface area (TPSA) is 71.1 Å². The number of halogens is 1. The Balaban J connectivity index is 0.00000242. The summed E-state index contributed by atoms with van der Waals surface area (Å²) in [5.41, 5.74) is 0. The van der Waals surface area contributed by atoms with E-state index in [1.807, 2.05) is 0 Å². The summed E-state index contributed by atoms with van der Waals surface area (Å²) in [4.78, 5) is 0. The molecule has 7 nitrogen and oxygen atoms in total. The van der Waals surface area contributed by atoms with Gasteiger partial charge in [-0.05, 0) is 25.8 Å². The Morgan fingerprint density at radius 1 is 1.09 bits per heavy atom. The molecule has 9 heteroatoms. The van der Waals surface area contributed by atoms with Gasteiger partial charge in [-0.3, -0.25) is 0 Å². The summed E-state index contributed by atoms with van der Waals surface area (Å²) in [5, 5.41) is 3.33. The molecule has 2 saturated heterocycles. The Bertz CT molecular complexity index is 402. The molecule has 2 bridgehead atoms. The molecule has 0 aromatic carbocycles. The molecule has 0 saturated carbocycles. The number of hydrogen-bond donors (Lipinski definition) is 1. The first-order valence-electron chi connectivity index (χ1n) is 7.58. The Kier molecular flexibility index (Phi) is 8.55. The van der Waals surface area contributed by atoms with E-state index in [0.29, 0.717) is 26.3 Å². The smallest absolute Gasteiger partial charge is 0.282 e. The summed E-state index contributed by atoms with van der Waals surface area (Å²) in [6.07, 6.45) is 2.80. The third-order valence-electron chi connectivity index (χ3n) is 4.27. The minimum absolute atomic E-state index is 0. The van der Waals surface area contributed by atoms with Crippen molar-refractivity contribution < 1.29 is 17.9 Å². The molecule has 2 aliphatic heterocycles. The summed E-state index contributed by atoms with van der Waals surface area (Å²) >= 11 is 0. The number of ether oxygens (including phenoxy) is 2. The van der Waals surface area contributed by atoms with Crippen LogP contribution in [0.3, 0.4) is 0 Å². The maximum absolute atomic E-state index is 13.0. The van der Waals surface area contributed by atoms with Gasteiger partial charge in [0.15, 0.2) is 0 Å². The van der Waals surface area contributed by atoms with Gasteiger partial charge in [-0.2, -0.15) is 17.0 Å². The van der Waals surface area contributed by atoms with Crippen LogP contribution in [0.2, 0.25) is 0 Å². The van der Waals surface area contributed by atoms with Crippen molar-refractivity contribution in [1.82, 2.24) is 13.9 Å². The Hall–Kier alpha value is 0.0400. The molecular formula is C13H28ClN3O4S. The fourth-order valence-corrected chi connectivity index (χ4v) is 5.20. The van der Waals surface area contributed by atoms with E-state index in [0.717, 1.165) is 32.4 Å². The number of methoxy groups -OCH3 is 2. The minimum atomic E-state index is -3.46. The van der Waals surface area contributed by atoms with Crippen LogP contribution in [0.4, 0.5) is 0 Å². The van der Waals surface area contributed by atoms with Crippen molar-refractivity contribution >= 4 is 22.6 Å². The lowest BCUT2D eigenvalue weighted by Crippen LogP contribution is -2.51. The highest BCUT2D eigenvalue weighted by atomic mass is 35.5. The van der Waals surface area contributed by atoms with E-state index in [-0.39, 0.29) is 24.5 Å². The Labute approximate surface area is 139 Å². The molecule has 2 atom stereocenters. The second-order valence-electron chi connectivity index (χ2n) is 5.60. The van der Waals surface area contributed by atoms with E-state index in [4.69, 9.17) is 9.47 Å². The first kappa shape index (κ1) is 20.1. The van der Waals surface area contributed by atoms with Gasteiger partial charge in [-0.15, -0.1) is 12.4 Å². The van der Waals surface area contributed by atoms with Gasteiger partial charge in [0.2, 0.25) is 0 Å². The van der Waals surface area contributed by atoms with E-state index < -0.39 is 10.2 Å². The molecule has 2 heterocycles. The average molecular weight is 358 g/mol. The van der Waals surface area contributed by atoms with Crippen LogP contribution in [-0.2, 0) is 19.7 Å². The van der Waals surface area contributed by atoms with Crippen LogP contribution >= 0.6 is 12.4 Å². The zero-order valence-corrected chi connectivity index (χ0v) is 15.0. The van der Waals surface area contributed by atoms with Crippen molar-refractivity contribution in [3.63, 3.8) is 0 Å². The molecule has 132 valence electrons. The maximum Gasteiger partial charge on any atom is 0.282 e. The van der Waals surface area contributed by atoms with Gasteiger partial charge in [0.25, 0.3) is 10.2 Å². The highest BCUT2D eigenvalue weighted by Crippen LogP contribution is 2.32. The highest BCUT2D eigenvalue weighted by Gasteiger charge is 2.44. The predicted molar refractivity (Wildman–Crippen MR) is 87.6 cm³/mol. The summed E-state index contributed by atoms with van der Waals surface area (Å²) in [7, 11) is -0.293. The first-order chi connectivity index (χ1) is 10.1. The Morgan fingerprint density at radius 2 is 1.68 bits per heavy atom. The maximum atomic E-state index is 13.0. The average Bonchev–Trinajstić information content (AvgIpc) is 2.72. The number of nitrogens with one attached hydrogen (secondary N) is 1. The Morgan fingerprint density at radius 3 is 2.27 bits per heavy atom. The summed E-state index contributed by atoms with van der Waals surface area (Å²) in [6.45, 7) is 3.16. The first-order valence-corrected chi connectivity index (χ1v) is 8.98. The van der Waals surface area contributed by atoms with Gasteiger partial charge in [0, 0.05) is 45.9 Å². The largest absolute Gasteiger partial charge is 0.383 e. The monoisotopic (exact) mass is 357 g/mol. The van der Waals surface area contributed by atoms with Gasteiger partial charge >= 0.3 is 0 Å². The molecule has 0 aliphatic carbocycles. The number of rotatable bonds is 8. The van der Waals surface area contributed by atoms with Crippen LogP contribution in [0.1, 0.15) is 19.3 Å². The molecule has 0 amide bonds. The van der Waals surface area contributed by atoms with E-state index in [9.17, 15) is 8.42 Å². The molecule has 22 heavy (non-hydrogen) atoms. The van der Waals surface area contributed by atoms with Crippen molar-refractivity contribution in [3.05, 3.63) is 0 Å². The summed E-state index contributed by atoms with van der Waals surface area (Å²) in [5.74, 6) is 0. The highest BCUT2D eigenvalue weighted by molar-refractivity contribution is 7.86. The van der Waals surface area contributed by atoms with Gasteiger partial charge in [0.05, 0.1) is 13.2 Å². The van der Waals surface area contributed by atoms with Crippen LogP contribution in [0.5, 0.6) is 0 Å². The van der Waals surface area contributed by atoms with Crippen molar-refractivity contribution in [2.75, 3.05) is 53.6 Å². The molecule has 0 spiro atoms. The lowest BCUT2D eigenvalue weighted by molar-refractivity contribution is 0.144. The number of hydrogen-bond acceptors (Lipinski definition) is 5. The fraction of sp³-hybridized carbons (Fsp3) is 1.00. The van der Waals surface area contributed by atoms with Crippen LogP contribution in [0.15, 0.2) is 0 Å². The van der Waals surface area contributed by atoms with Crippen molar-refractivity contribution in [3.8, 4) is 0 Å². The quantitative estimate of drug-likeness (QED) is 0.666. The van der Waals surface area contributed by atoms with Gasteiger partial charge < -0.3 is 14.8 Å². The lowest BCUT2D eigenvalue weighted by atomic mass is 10.1. The molecule has 2 fully saturated rings. The molecule has 0 aromatic heterocycles. The predicted octanol–water partition coefficient (Wildman–Crippen LogP) is 0.0741. The van der Waals surface area contributed by atoms with E-state index in [2.05, 4.69) is 5.32 Å². The normalized spacial score (nSPS) is 26.0. The molecule has 2 unspecified atom stereocenters. The van der Waals surface area contributed by atoms with Gasteiger partial charge in [0.1, 0.15) is 0 Å².